The number of amides is 2. The van der Waals surface area contributed by atoms with E-state index in [2.05, 4.69) is 5.32 Å². The van der Waals surface area contributed by atoms with Crippen molar-refractivity contribution < 1.29 is 22.4 Å². The molecule has 3 aromatic carbocycles. The van der Waals surface area contributed by atoms with Crippen molar-refractivity contribution in [3.05, 3.63) is 95.3 Å². The molecule has 1 N–H and O–H groups in total. The number of anilines is 1. The minimum absolute atomic E-state index is 0.122. The number of hydrogen-bond donors (Lipinski definition) is 1. The van der Waals surface area contributed by atoms with Crippen molar-refractivity contribution in [1.29, 1.82) is 0 Å². The number of halogens is 1. The van der Waals surface area contributed by atoms with Crippen LogP contribution >= 0.6 is 0 Å². The SMILES string of the molecule is Cc1ccc(N(CC(=O)N(Cc2ccccc2C)C(C)C(=O)NC(C)C)S(=O)(=O)c2ccc(F)cc2)cc1. The van der Waals surface area contributed by atoms with E-state index >= 15 is 0 Å². The van der Waals surface area contributed by atoms with Gasteiger partial charge in [0.05, 0.1) is 10.6 Å². The smallest absolute Gasteiger partial charge is 0.264 e. The van der Waals surface area contributed by atoms with Gasteiger partial charge < -0.3 is 10.2 Å². The fourth-order valence-electron chi connectivity index (χ4n) is 3.93. The third kappa shape index (κ3) is 6.98. The lowest BCUT2D eigenvalue weighted by Crippen LogP contribution is -2.52. The second kappa shape index (κ2) is 12.2. The molecule has 3 aromatic rings. The Balaban J connectivity index is 2.03. The number of nitrogens with zero attached hydrogens (tertiary/aromatic N) is 2. The van der Waals surface area contributed by atoms with Crippen LogP contribution in [0, 0.1) is 19.7 Å². The van der Waals surface area contributed by atoms with Crippen molar-refractivity contribution in [2.75, 3.05) is 10.8 Å². The van der Waals surface area contributed by atoms with E-state index < -0.39 is 34.3 Å². The fourth-order valence-corrected chi connectivity index (χ4v) is 5.35. The van der Waals surface area contributed by atoms with Crippen molar-refractivity contribution in [2.24, 2.45) is 0 Å². The first-order chi connectivity index (χ1) is 17.9. The summed E-state index contributed by atoms with van der Waals surface area (Å²) in [6.45, 7) is 8.63. The van der Waals surface area contributed by atoms with Gasteiger partial charge in [-0.1, -0.05) is 42.0 Å². The highest BCUT2D eigenvalue weighted by molar-refractivity contribution is 7.92. The summed E-state index contributed by atoms with van der Waals surface area (Å²) >= 11 is 0. The molecule has 0 saturated carbocycles. The van der Waals surface area contributed by atoms with E-state index in [0.29, 0.717) is 0 Å². The highest BCUT2D eigenvalue weighted by atomic mass is 32.2. The van der Waals surface area contributed by atoms with E-state index in [1.165, 1.54) is 17.0 Å². The monoisotopic (exact) mass is 539 g/mol. The van der Waals surface area contributed by atoms with Crippen LogP contribution < -0.4 is 9.62 Å². The van der Waals surface area contributed by atoms with E-state index in [-0.39, 0.29) is 29.1 Å². The molecule has 9 heteroatoms. The Labute approximate surface area is 224 Å². The fraction of sp³-hybridized carbons (Fsp3) is 0.310. The normalized spacial score (nSPS) is 12.2. The quantitative estimate of drug-likeness (QED) is 0.409. The molecule has 1 unspecified atom stereocenters. The zero-order valence-electron chi connectivity index (χ0n) is 22.3. The van der Waals surface area contributed by atoms with E-state index in [0.717, 1.165) is 33.1 Å². The van der Waals surface area contributed by atoms with Gasteiger partial charge in [-0.2, -0.15) is 0 Å². The highest BCUT2D eigenvalue weighted by Crippen LogP contribution is 2.25. The Morgan fingerprint density at radius 3 is 2.08 bits per heavy atom. The van der Waals surface area contributed by atoms with E-state index in [9.17, 15) is 22.4 Å². The highest BCUT2D eigenvalue weighted by Gasteiger charge is 2.32. The molecule has 0 bridgehead atoms. The van der Waals surface area contributed by atoms with E-state index in [1.807, 2.05) is 52.0 Å². The average molecular weight is 540 g/mol. The van der Waals surface area contributed by atoms with Crippen LogP contribution in [0.4, 0.5) is 10.1 Å². The molecule has 0 radical (unpaired) electrons. The van der Waals surface area contributed by atoms with Crippen LogP contribution in [-0.2, 0) is 26.2 Å². The average Bonchev–Trinajstić information content (AvgIpc) is 2.86. The van der Waals surface area contributed by atoms with Crippen molar-refractivity contribution >= 4 is 27.5 Å². The first-order valence-corrected chi connectivity index (χ1v) is 13.8. The van der Waals surface area contributed by atoms with Crippen LogP contribution in [0.1, 0.15) is 37.5 Å². The predicted octanol–water partition coefficient (Wildman–Crippen LogP) is 4.58. The number of carbonyl (C=O) groups excluding carboxylic acids is 2. The van der Waals surface area contributed by atoms with Gasteiger partial charge in [0.2, 0.25) is 11.8 Å². The van der Waals surface area contributed by atoms with E-state index in [1.54, 1.807) is 31.2 Å². The van der Waals surface area contributed by atoms with Crippen molar-refractivity contribution in [3.63, 3.8) is 0 Å². The lowest BCUT2D eigenvalue weighted by atomic mass is 10.1. The number of nitrogens with one attached hydrogen (secondary N) is 1. The Morgan fingerprint density at radius 1 is 0.895 bits per heavy atom. The summed E-state index contributed by atoms with van der Waals surface area (Å²) < 4.78 is 42.0. The Bertz CT molecular complexity index is 1370. The molecule has 0 aliphatic heterocycles. The molecule has 3 rings (SSSR count). The van der Waals surface area contributed by atoms with Gasteiger partial charge in [-0.25, -0.2) is 12.8 Å². The zero-order chi connectivity index (χ0) is 28.0. The number of sulfonamides is 1. The van der Waals surface area contributed by atoms with Crippen LogP contribution in [0.3, 0.4) is 0 Å². The van der Waals surface area contributed by atoms with Gasteiger partial charge in [-0.05, 0) is 82.1 Å². The maximum absolute atomic E-state index is 13.9. The third-order valence-electron chi connectivity index (χ3n) is 6.20. The van der Waals surface area contributed by atoms with Gasteiger partial charge in [0, 0.05) is 12.6 Å². The molecule has 0 aliphatic carbocycles. The van der Waals surface area contributed by atoms with Crippen molar-refractivity contribution in [2.45, 2.75) is 58.1 Å². The first-order valence-electron chi connectivity index (χ1n) is 12.4. The molecule has 0 fully saturated rings. The summed E-state index contributed by atoms with van der Waals surface area (Å²) in [5.74, 6) is -1.47. The molecule has 0 aliphatic rings. The molecule has 0 saturated heterocycles. The topological polar surface area (TPSA) is 86.8 Å². The van der Waals surface area contributed by atoms with Gasteiger partial charge in [0.1, 0.15) is 18.4 Å². The molecule has 38 heavy (non-hydrogen) atoms. The Hall–Kier alpha value is -3.72. The number of aryl methyl sites for hydroxylation is 2. The van der Waals surface area contributed by atoms with Gasteiger partial charge in [0.15, 0.2) is 0 Å². The summed E-state index contributed by atoms with van der Waals surface area (Å²) in [7, 11) is -4.24. The maximum atomic E-state index is 13.9. The summed E-state index contributed by atoms with van der Waals surface area (Å²) in [4.78, 5) is 28.0. The number of hydrogen-bond acceptors (Lipinski definition) is 4. The Kier molecular flexibility index (Phi) is 9.27. The second-order valence-corrected chi connectivity index (χ2v) is 11.5. The summed E-state index contributed by atoms with van der Waals surface area (Å²) in [6, 6.07) is 17.7. The lowest BCUT2D eigenvalue weighted by Gasteiger charge is -2.32. The summed E-state index contributed by atoms with van der Waals surface area (Å²) in [6.07, 6.45) is 0. The van der Waals surface area contributed by atoms with Gasteiger partial charge in [-0.3, -0.25) is 13.9 Å². The maximum Gasteiger partial charge on any atom is 0.264 e. The lowest BCUT2D eigenvalue weighted by molar-refractivity contribution is -0.139. The van der Waals surface area contributed by atoms with Crippen molar-refractivity contribution in [3.8, 4) is 0 Å². The largest absolute Gasteiger partial charge is 0.352 e. The van der Waals surface area contributed by atoms with Gasteiger partial charge in [0.25, 0.3) is 10.0 Å². The predicted molar refractivity (Wildman–Crippen MR) is 147 cm³/mol. The molecule has 0 aromatic heterocycles. The van der Waals surface area contributed by atoms with E-state index in [4.69, 9.17) is 0 Å². The Morgan fingerprint density at radius 2 is 1.50 bits per heavy atom. The second-order valence-electron chi connectivity index (χ2n) is 9.59. The zero-order valence-corrected chi connectivity index (χ0v) is 23.1. The molecule has 0 spiro atoms. The number of benzene rings is 3. The standard InChI is InChI=1S/C29H34FN3O4S/c1-20(2)31-29(35)23(5)32(18-24-9-7-6-8-22(24)4)28(34)19-33(26-14-10-21(3)11-15-26)38(36,37)27-16-12-25(30)13-17-27/h6-17,20,23H,18-19H2,1-5H3,(H,31,35). The van der Waals surface area contributed by atoms with Crippen LogP contribution in [0.2, 0.25) is 0 Å². The van der Waals surface area contributed by atoms with Crippen LogP contribution in [0.15, 0.2) is 77.7 Å². The minimum Gasteiger partial charge on any atom is -0.352 e. The molecule has 202 valence electrons. The van der Waals surface area contributed by atoms with Gasteiger partial charge >= 0.3 is 0 Å². The molecule has 2 amide bonds. The molecular weight excluding hydrogens is 505 g/mol. The van der Waals surface area contributed by atoms with Crippen molar-refractivity contribution in [1.82, 2.24) is 10.2 Å². The summed E-state index contributed by atoms with van der Waals surface area (Å²) in [5, 5.41) is 2.83. The molecule has 0 heterocycles. The van der Waals surface area contributed by atoms with Crippen LogP contribution in [-0.4, -0.2) is 43.8 Å². The molecule has 1 atom stereocenters. The number of carbonyl (C=O) groups is 2. The third-order valence-corrected chi connectivity index (χ3v) is 7.99. The molecule has 7 nitrogen and oxygen atoms in total. The van der Waals surface area contributed by atoms with Crippen LogP contribution in [0.25, 0.3) is 0 Å². The molecular formula is C29H34FN3O4S. The van der Waals surface area contributed by atoms with Crippen LogP contribution in [0.5, 0.6) is 0 Å². The summed E-state index contributed by atoms with van der Waals surface area (Å²) in [5.41, 5.74) is 2.98. The first kappa shape index (κ1) is 28.8. The van der Waals surface area contributed by atoms with Gasteiger partial charge in [-0.15, -0.1) is 0 Å². The minimum atomic E-state index is -4.24. The number of rotatable bonds is 10.